The molecular formula is C13H13O4S. The molecule has 0 bridgehead atoms. The van der Waals surface area contributed by atoms with Crippen LogP contribution in [0.3, 0.4) is 0 Å². The van der Waals surface area contributed by atoms with E-state index in [4.69, 9.17) is 9.29 Å². The molecule has 2 aromatic carbocycles. The lowest BCUT2D eigenvalue weighted by Gasteiger charge is -2.08. The van der Waals surface area contributed by atoms with Gasteiger partial charge in [-0.05, 0) is 17.9 Å². The minimum Gasteiger partial charge on any atom is -0.492 e. The van der Waals surface area contributed by atoms with E-state index in [2.05, 4.69) is 6.07 Å². The zero-order valence-corrected chi connectivity index (χ0v) is 10.5. The van der Waals surface area contributed by atoms with E-state index in [-0.39, 0.29) is 18.8 Å². The Kier molecular flexibility index (Phi) is 3.84. The number of ether oxygens (including phenoxy) is 1. The number of fused-ring (bicyclic) bond motifs is 1. The monoisotopic (exact) mass is 265 g/mol. The lowest BCUT2D eigenvalue weighted by molar-refractivity contribution is 0.319. The average molecular weight is 265 g/mol. The van der Waals surface area contributed by atoms with Crippen LogP contribution in [0.4, 0.5) is 0 Å². The molecule has 0 amide bonds. The van der Waals surface area contributed by atoms with E-state index >= 15 is 0 Å². The minimum atomic E-state index is -3.91. The van der Waals surface area contributed by atoms with Crippen molar-refractivity contribution < 1.29 is 17.7 Å². The first-order chi connectivity index (χ1) is 8.56. The summed E-state index contributed by atoms with van der Waals surface area (Å²) >= 11 is 0. The Bertz CT molecular complexity index is 629. The zero-order valence-electron chi connectivity index (χ0n) is 9.67. The van der Waals surface area contributed by atoms with Crippen LogP contribution in [-0.4, -0.2) is 25.3 Å². The van der Waals surface area contributed by atoms with Gasteiger partial charge in [0.05, 0.1) is 12.4 Å². The summed E-state index contributed by atoms with van der Waals surface area (Å²) in [4.78, 5) is 0. The van der Waals surface area contributed by atoms with Crippen LogP contribution in [0.15, 0.2) is 36.4 Å². The second kappa shape index (κ2) is 5.37. The molecule has 0 heterocycles. The van der Waals surface area contributed by atoms with Gasteiger partial charge in [-0.3, -0.25) is 4.55 Å². The third kappa shape index (κ3) is 3.45. The molecule has 0 spiro atoms. The predicted octanol–water partition coefficient (Wildman–Crippen LogP) is 2.30. The molecule has 0 aliphatic carbocycles. The molecule has 0 fully saturated rings. The lowest BCUT2D eigenvalue weighted by atomic mass is 10.1. The molecule has 0 aromatic heterocycles. The second-order valence-corrected chi connectivity index (χ2v) is 5.45. The molecule has 1 N–H and O–H groups in total. The first kappa shape index (κ1) is 12.9. The standard InChI is InChI=1S/C13H13O4S/c14-18(15,16)10-4-9-17-13-8-3-6-11-5-1-2-7-12(11)13/h1-3,5-7H,4,9-10H2,(H,14,15,16). The fourth-order valence-corrected chi connectivity index (χ4v) is 2.15. The van der Waals surface area contributed by atoms with Crippen LogP contribution in [0.25, 0.3) is 10.8 Å². The van der Waals surface area contributed by atoms with Crippen LogP contribution in [0.2, 0.25) is 0 Å². The number of hydrogen-bond acceptors (Lipinski definition) is 3. The molecule has 0 saturated carbocycles. The molecule has 5 heteroatoms. The van der Waals surface area contributed by atoms with Crippen molar-refractivity contribution in [3.8, 4) is 5.75 Å². The lowest BCUT2D eigenvalue weighted by Crippen LogP contribution is -2.08. The van der Waals surface area contributed by atoms with Crippen LogP contribution < -0.4 is 4.74 Å². The van der Waals surface area contributed by atoms with E-state index in [0.717, 1.165) is 10.8 Å². The maximum absolute atomic E-state index is 10.5. The summed E-state index contributed by atoms with van der Waals surface area (Å²) in [6, 6.07) is 14.4. The van der Waals surface area contributed by atoms with E-state index in [1.54, 1.807) is 6.07 Å². The minimum absolute atomic E-state index is 0.226. The Hall–Kier alpha value is -1.59. The van der Waals surface area contributed by atoms with Gasteiger partial charge in [0, 0.05) is 11.5 Å². The van der Waals surface area contributed by atoms with Crippen molar-refractivity contribution in [1.82, 2.24) is 0 Å². The van der Waals surface area contributed by atoms with Gasteiger partial charge in [-0.2, -0.15) is 8.42 Å². The summed E-state index contributed by atoms with van der Waals surface area (Å²) in [7, 11) is -3.91. The Labute approximate surface area is 106 Å². The fourth-order valence-electron chi connectivity index (χ4n) is 1.67. The normalized spacial score (nSPS) is 11.6. The molecule has 0 saturated heterocycles. The van der Waals surface area contributed by atoms with E-state index < -0.39 is 10.1 Å². The quantitative estimate of drug-likeness (QED) is 0.665. The van der Waals surface area contributed by atoms with Crippen molar-refractivity contribution in [2.75, 3.05) is 12.4 Å². The van der Waals surface area contributed by atoms with E-state index in [9.17, 15) is 8.42 Å². The molecule has 2 rings (SSSR count). The highest BCUT2D eigenvalue weighted by Crippen LogP contribution is 2.24. The van der Waals surface area contributed by atoms with Gasteiger partial charge in [-0.15, -0.1) is 0 Å². The van der Waals surface area contributed by atoms with Crippen LogP contribution in [0.5, 0.6) is 5.75 Å². The molecule has 2 aromatic rings. The highest BCUT2D eigenvalue weighted by Gasteiger charge is 2.05. The summed E-state index contributed by atoms with van der Waals surface area (Å²) in [5, 5.41) is 1.98. The topological polar surface area (TPSA) is 63.6 Å². The van der Waals surface area contributed by atoms with Gasteiger partial charge in [0.2, 0.25) is 0 Å². The summed E-state index contributed by atoms with van der Waals surface area (Å²) in [5.74, 6) is 0.307. The SMILES string of the molecule is O=S(=O)(O)CCCOc1[c]ccc2ccccc12. The maximum atomic E-state index is 10.5. The number of hydrogen-bond donors (Lipinski definition) is 1. The molecular weight excluding hydrogens is 252 g/mol. The fraction of sp³-hybridized carbons (Fsp3) is 0.231. The average Bonchev–Trinajstić information content (AvgIpc) is 2.33. The van der Waals surface area contributed by atoms with Crippen molar-refractivity contribution in [2.45, 2.75) is 6.42 Å². The van der Waals surface area contributed by atoms with Crippen LogP contribution >= 0.6 is 0 Å². The molecule has 0 aliphatic heterocycles. The zero-order chi connectivity index (χ0) is 13.0. The van der Waals surface area contributed by atoms with Gasteiger partial charge < -0.3 is 4.74 Å². The first-order valence-electron chi connectivity index (χ1n) is 5.54. The molecule has 4 nitrogen and oxygen atoms in total. The summed E-state index contributed by atoms with van der Waals surface area (Å²) < 4.78 is 35.2. The second-order valence-electron chi connectivity index (χ2n) is 3.88. The highest BCUT2D eigenvalue weighted by atomic mass is 32.2. The van der Waals surface area contributed by atoms with Gasteiger partial charge in [-0.25, -0.2) is 0 Å². The number of benzene rings is 2. The Balaban J connectivity index is 2.04. The van der Waals surface area contributed by atoms with Crippen molar-refractivity contribution >= 4 is 20.9 Å². The summed E-state index contributed by atoms with van der Waals surface area (Å²) in [6.45, 7) is 0.226. The van der Waals surface area contributed by atoms with E-state index in [1.807, 2.05) is 30.3 Å². The van der Waals surface area contributed by atoms with Crippen molar-refractivity contribution in [3.05, 3.63) is 42.5 Å². The predicted molar refractivity (Wildman–Crippen MR) is 69.3 cm³/mol. The molecule has 95 valence electrons. The Morgan fingerprint density at radius 2 is 2.00 bits per heavy atom. The van der Waals surface area contributed by atoms with E-state index in [1.165, 1.54) is 0 Å². The van der Waals surface area contributed by atoms with Gasteiger partial charge in [-0.1, -0.05) is 30.3 Å². The van der Waals surface area contributed by atoms with Gasteiger partial charge in [0.1, 0.15) is 5.75 Å². The summed E-state index contributed by atoms with van der Waals surface area (Å²) in [5.41, 5.74) is 0. The molecule has 0 unspecified atom stereocenters. The Morgan fingerprint density at radius 3 is 2.78 bits per heavy atom. The first-order valence-corrected chi connectivity index (χ1v) is 7.14. The Morgan fingerprint density at radius 1 is 1.22 bits per heavy atom. The van der Waals surface area contributed by atoms with Crippen LogP contribution in [0.1, 0.15) is 6.42 Å². The number of rotatable bonds is 5. The summed E-state index contributed by atoms with van der Waals surface area (Å²) in [6.07, 6.45) is 0.246. The van der Waals surface area contributed by atoms with Gasteiger partial charge >= 0.3 is 0 Å². The maximum Gasteiger partial charge on any atom is 0.264 e. The van der Waals surface area contributed by atoms with Gasteiger partial charge in [0.15, 0.2) is 0 Å². The largest absolute Gasteiger partial charge is 0.492 e. The molecule has 0 aliphatic rings. The molecule has 1 radical (unpaired) electrons. The van der Waals surface area contributed by atoms with E-state index in [0.29, 0.717) is 5.75 Å². The molecule has 0 atom stereocenters. The third-order valence-corrected chi connectivity index (χ3v) is 3.28. The smallest absolute Gasteiger partial charge is 0.264 e. The van der Waals surface area contributed by atoms with Crippen LogP contribution in [0, 0.1) is 6.07 Å². The van der Waals surface area contributed by atoms with Crippen LogP contribution in [-0.2, 0) is 10.1 Å². The van der Waals surface area contributed by atoms with Crippen molar-refractivity contribution in [1.29, 1.82) is 0 Å². The molecule has 18 heavy (non-hydrogen) atoms. The highest BCUT2D eigenvalue weighted by molar-refractivity contribution is 7.85. The van der Waals surface area contributed by atoms with Gasteiger partial charge in [0.25, 0.3) is 10.1 Å². The van der Waals surface area contributed by atoms with Crippen molar-refractivity contribution in [2.24, 2.45) is 0 Å². The van der Waals surface area contributed by atoms with Crippen molar-refractivity contribution in [3.63, 3.8) is 0 Å². The third-order valence-electron chi connectivity index (χ3n) is 2.48.